The Morgan fingerprint density at radius 1 is 0.827 bits per heavy atom. The smallest absolute Gasteiger partial charge is 0.335 e. The van der Waals surface area contributed by atoms with E-state index in [1.165, 1.54) is 14.0 Å². The fourth-order valence-corrected chi connectivity index (χ4v) is 15.2. The topological polar surface area (TPSA) is 321 Å². The lowest BCUT2D eigenvalue weighted by atomic mass is 9.32. The van der Waals surface area contributed by atoms with Crippen molar-refractivity contribution in [2.45, 2.75) is 207 Å². The molecule has 0 aromatic rings. The van der Waals surface area contributed by atoms with E-state index >= 15 is 0 Å². The zero-order valence-electron chi connectivity index (χ0n) is 45.3. The zero-order valence-corrected chi connectivity index (χ0v) is 45.3. The predicted octanol–water partition coefficient (Wildman–Crippen LogP) is 2.24. The highest BCUT2D eigenvalue weighted by molar-refractivity contribution is 5.88. The first-order chi connectivity index (χ1) is 34.9. The highest BCUT2D eigenvalue weighted by atomic mass is 16.7. The number of fused-ring (bicyclic) bond motifs is 7. The average Bonchev–Trinajstić information content (AvgIpc) is 3.35. The number of aliphatic hydroxyl groups is 7. The van der Waals surface area contributed by atoms with Crippen LogP contribution < -0.4 is 0 Å². The molecule has 2 saturated heterocycles. The average molecular weight is 1070 g/mol. The van der Waals surface area contributed by atoms with Gasteiger partial charge in [-0.1, -0.05) is 66.2 Å². The molecule has 4 saturated carbocycles. The standard InChI is InChI=1S/C54H82O21/c1-13-24(3)44(65)74-41-42(75-45(66)25(4)14-2)54(23-55)28(21-49(41,6)7)27-15-16-30-50(8)19-18-32(52(10,48(67)68-12)31(50)17-20-51(30,9)53(27,11)39(62)40(54)70-26(5)56)71-47-36(61)37(35(60)38(73-47)43(63)64)72-46-34(59)33(58)29(57)22-69-46/h13,15,25,28-42,46-47,55,57-62H,14,16-23H2,1-12H3,(H,63,64). The Labute approximate surface area is 438 Å². The second-order valence-electron chi connectivity index (χ2n) is 24.2. The van der Waals surface area contributed by atoms with Crippen LogP contribution in [0.2, 0.25) is 0 Å². The molecule has 23 atom stereocenters. The van der Waals surface area contributed by atoms with Crippen molar-refractivity contribution in [3.05, 3.63) is 23.3 Å². The highest BCUT2D eigenvalue weighted by Gasteiger charge is 2.78. The summed E-state index contributed by atoms with van der Waals surface area (Å²) in [5, 5.41) is 89.4. The van der Waals surface area contributed by atoms with E-state index in [0.29, 0.717) is 37.7 Å². The monoisotopic (exact) mass is 1070 g/mol. The molecule has 21 heteroatoms. The third-order valence-electron chi connectivity index (χ3n) is 20.0. The van der Waals surface area contributed by atoms with Crippen molar-refractivity contribution in [1.82, 2.24) is 0 Å². The Balaban J connectivity index is 1.29. The number of aliphatic hydroxyl groups excluding tert-OH is 7. The van der Waals surface area contributed by atoms with Gasteiger partial charge in [0.1, 0.15) is 54.9 Å². The van der Waals surface area contributed by atoms with Crippen LogP contribution in [0.3, 0.4) is 0 Å². The van der Waals surface area contributed by atoms with Gasteiger partial charge >= 0.3 is 29.8 Å². The second kappa shape index (κ2) is 21.2. The molecular weight excluding hydrogens is 985 g/mol. The van der Waals surface area contributed by atoms with Gasteiger partial charge in [0, 0.05) is 23.3 Å². The van der Waals surface area contributed by atoms with Gasteiger partial charge in [0.25, 0.3) is 0 Å². The van der Waals surface area contributed by atoms with E-state index in [0.717, 1.165) is 5.57 Å². The van der Waals surface area contributed by atoms with Crippen LogP contribution in [0.4, 0.5) is 0 Å². The summed E-state index contributed by atoms with van der Waals surface area (Å²) in [7, 11) is 1.24. The first-order valence-electron chi connectivity index (χ1n) is 26.4. The molecule has 8 N–H and O–H groups in total. The number of methoxy groups -OCH3 is 1. The van der Waals surface area contributed by atoms with Crippen LogP contribution in [0.15, 0.2) is 23.3 Å². The maximum absolute atomic E-state index is 14.5. The van der Waals surface area contributed by atoms with Crippen LogP contribution in [0.5, 0.6) is 0 Å². The van der Waals surface area contributed by atoms with Gasteiger partial charge in [-0.3, -0.25) is 14.4 Å². The van der Waals surface area contributed by atoms with Crippen LogP contribution in [-0.2, 0) is 61.9 Å². The van der Waals surface area contributed by atoms with Crippen molar-refractivity contribution in [3.8, 4) is 0 Å². The van der Waals surface area contributed by atoms with E-state index in [1.807, 2.05) is 27.7 Å². The van der Waals surface area contributed by atoms with Gasteiger partial charge < -0.3 is 78.7 Å². The number of ether oxygens (including phenoxy) is 8. The number of allylic oxidation sites excluding steroid dienone is 2. The van der Waals surface area contributed by atoms with Crippen LogP contribution in [0.25, 0.3) is 0 Å². The lowest BCUT2D eigenvalue weighted by molar-refractivity contribution is -0.357. The fourth-order valence-electron chi connectivity index (χ4n) is 15.2. The van der Waals surface area contributed by atoms with Crippen LogP contribution in [0, 0.1) is 56.2 Å². The SMILES string of the molecule is CC=C(C)C(=O)OC1C(OC(=O)C(C)CC)C2(CO)C(CC1(C)C)C1=CCC3C4(C)CCC(OC5OC(C(=O)O)C(O)C(OC6OCC(O)C(O)C6O)C5O)C(C)(C(=O)OC)C4CCC3(C)C1(C)C(O)C2OC(C)=O. The van der Waals surface area contributed by atoms with Crippen molar-refractivity contribution in [2.75, 3.05) is 20.3 Å². The van der Waals surface area contributed by atoms with Gasteiger partial charge in [-0.05, 0) is 94.3 Å². The Bertz CT molecular complexity index is 2250. The summed E-state index contributed by atoms with van der Waals surface area (Å²) in [6, 6.07) is 0. The summed E-state index contributed by atoms with van der Waals surface area (Å²) in [5.41, 5.74) is -5.87. The van der Waals surface area contributed by atoms with E-state index in [9.17, 15) is 64.8 Å². The third-order valence-corrected chi connectivity index (χ3v) is 20.0. The maximum Gasteiger partial charge on any atom is 0.335 e. The Morgan fingerprint density at radius 3 is 2.08 bits per heavy atom. The molecule has 0 aromatic heterocycles. The number of carbonyl (C=O) groups excluding carboxylic acids is 4. The molecule has 6 fully saturated rings. The van der Waals surface area contributed by atoms with Crippen molar-refractivity contribution < 1.29 is 103 Å². The first kappa shape index (κ1) is 59.1. The van der Waals surface area contributed by atoms with Crippen LogP contribution in [-0.4, -0.2) is 177 Å². The van der Waals surface area contributed by atoms with Crippen molar-refractivity contribution >= 4 is 29.8 Å². The van der Waals surface area contributed by atoms with Crippen molar-refractivity contribution in [1.29, 1.82) is 0 Å². The van der Waals surface area contributed by atoms with Gasteiger partial charge in [-0.2, -0.15) is 0 Å². The molecule has 21 nitrogen and oxygen atoms in total. The minimum absolute atomic E-state index is 0.129. The largest absolute Gasteiger partial charge is 0.479 e. The Morgan fingerprint density at radius 2 is 1.49 bits per heavy atom. The molecule has 5 aliphatic carbocycles. The van der Waals surface area contributed by atoms with E-state index in [2.05, 4.69) is 19.9 Å². The second-order valence-corrected chi connectivity index (χ2v) is 24.2. The maximum atomic E-state index is 14.5. The minimum atomic E-state index is -2.05. The van der Waals surface area contributed by atoms with Gasteiger partial charge in [-0.25, -0.2) is 9.59 Å². The van der Waals surface area contributed by atoms with E-state index < -0.39 is 179 Å². The number of esters is 4. The molecule has 75 heavy (non-hydrogen) atoms. The van der Waals surface area contributed by atoms with E-state index in [4.69, 9.17) is 37.9 Å². The quantitative estimate of drug-likeness (QED) is 0.0431. The van der Waals surface area contributed by atoms with Gasteiger partial charge in [0.2, 0.25) is 0 Å². The summed E-state index contributed by atoms with van der Waals surface area (Å²) < 4.78 is 47.9. The highest BCUT2D eigenvalue weighted by Crippen LogP contribution is 2.76. The summed E-state index contributed by atoms with van der Waals surface area (Å²) in [5.74, 6) is -6.48. The molecule has 7 rings (SSSR count). The number of rotatable bonds is 13. The number of carboxylic acid groups (broad SMARTS) is 1. The zero-order chi connectivity index (χ0) is 55.9. The molecular formula is C54H82O21. The molecule has 0 amide bonds. The summed E-state index contributed by atoms with van der Waals surface area (Å²) in [4.78, 5) is 68.2. The summed E-state index contributed by atoms with van der Waals surface area (Å²) >= 11 is 0. The van der Waals surface area contributed by atoms with Crippen molar-refractivity contribution in [2.24, 2.45) is 56.2 Å². The van der Waals surface area contributed by atoms with E-state index in [1.54, 1.807) is 33.8 Å². The number of aliphatic carboxylic acids is 1. The number of hydrogen-bond donors (Lipinski definition) is 8. The summed E-state index contributed by atoms with van der Waals surface area (Å²) in [6.45, 7) is 18.4. The van der Waals surface area contributed by atoms with E-state index in [-0.39, 0.29) is 18.8 Å². The normalized spacial score (nSPS) is 46.7. The van der Waals surface area contributed by atoms with Gasteiger partial charge in [0.05, 0.1) is 43.2 Å². The molecule has 2 aliphatic heterocycles. The Hall–Kier alpha value is -3.61. The number of carbonyl (C=O) groups is 5. The van der Waals surface area contributed by atoms with Crippen LogP contribution >= 0.6 is 0 Å². The molecule has 0 aromatic carbocycles. The first-order valence-corrected chi connectivity index (χ1v) is 26.4. The lowest BCUT2D eigenvalue weighted by Gasteiger charge is -2.73. The predicted molar refractivity (Wildman–Crippen MR) is 260 cm³/mol. The number of carboxylic acids is 1. The molecule has 0 bridgehead atoms. The van der Waals surface area contributed by atoms with Gasteiger partial charge in [-0.15, -0.1) is 0 Å². The lowest BCUT2D eigenvalue weighted by Crippen LogP contribution is -2.77. The molecule has 2 heterocycles. The third kappa shape index (κ3) is 9.18. The van der Waals surface area contributed by atoms with Gasteiger partial charge in [0.15, 0.2) is 24.8 Å². The fraction of sp³-hybridized carbons (Fsp3) is 0.833. The molecule has 7 aliphatic rings. The minimum Gasteiger partial charge on any atom is -0.479 e. The van der Waals surface area contributed by atoms with Crippen LogP contribution in [0.1, 0.15) is 121 Å². The molecule has 23 unspecified atom stereocenters. The number of hydrogen-bond acceptors (Lipinski definition) is 20. The molecule has 0 radical (unpaired) electrons. The molecule has 424 valence electrons. The summed E-state index contributed by atoms with van der Waals surface area (Å²) in [6.07, 6.45) is -17.2. The molecule has 0 spiro atoms. The van der Waals surface area contributed by atoms with Crippen molar-refractivity contribution in [3.63, 3.8) is 0 Å². The Kier molecular flexibility index (Phi) is 16.7.